The van der Waals surface area contributed by atoms with Gasteiger partial charge < -0.3 is 0 Å². The zero-order valence-electron chi connectivity index (χ0n) is 12.2. The normalized spacial score (nSPS) is 24.4. The molecule has 1 atom stereocenters. The van der Waals surface area contributed by atoms with E-state index in [4.69, 9.17) is 0 Å². The Morgan fingerprint density at radius 2 is 1.61 bits per heavy atom. The highest BCUT2D eigenvalue weighted by molar-refractivity contribution is 5.42. The summed E-state index contributed by atoms with van der Waals surface area (Å²) >= 11 is 0. The molecule has 0 aliphatic carbocycles. The smallest absolute Gasteiger partial charge is 0.0245 e. The van der Waals surface area contributed by atoms with Crippen molar-refractivity contribution < 1.29 is 0 Å². The lowest BCUT2D eigenvalue weighted by molar-refractivity contribution is 0.126. The molecule has 0 saturated carbocycles. The van der Waals surface area contributed by atoms with Crippen LogP contribution in [0.15, 0.2) is 48.6 Å². The predicted octanol–water partition coefficient (Wildman–Crippen LogP) is 4.50. The first-order valence-corrected chi connectivity index (χ1v) is 7.00. The Labute approximate surface area is 113 Å². The fourth-order valence-electron chi connectivity index (χ4n) is 2.75. The minimum atomic E-state index is 0.311. The van der Waals surface area contributed by atoms with Crippen LogP contribution in [0.2, 0.25) is 0 Å². The zero-order chi connectivity index (χ0) is 13.6. The largest absolute Gasteiger partial charge is 0.289 e. The lowest BCUT2D eigenvalue weighted by Crippen LogP contribution is -2.44. The molecule has 0 radical (unpaired) electrons. The second kappa shape index (κ2) is 6.75. The predicted molar refractivity (Wildman–Crippen MR) is 81.7 cm³/mol. The summed E-state index contributed by atoms with van der Waals surface area (Å²) in [5.41, 5.74) is 3.09. The van der Waals surface area contributed by atoms with Gasteiger partial charge in [-0.05, 0) is 30.9 Å². The van der Waals surface area contributed by atoms with Gasteiger partial charge in [0.05, 0.1) is 0 Å². The summed E-state index contributed by atoms with van der Waals surface area (Å²) in [6, 6.07) is 0. The molecule has 1 aliphatic rings. The van der Waals surface area contributed by atoms with Crippen molar-refractivity contribution in [3.05, 3.63) is 48.6 Å². The quantitative estimate of drug-likeness (QED) is 0.666. The zero-order valence-corrected chi connectivity index (χ0v) is 12.2. The number of hydrogen-bond donors (Lipinski definition) is 0. The van der Waals surface area contributed by atoms with E-state index in [0.717, 1.165) is 13.1 Å². The minimum absolute atomic E-state index is 0.311. The molecule has 0 aromatic rings. The van der Waals surface area contributed by atoms with Gasteiger partial charge in [0, 0.05) is 18.6 Å². The Kier molecular flexibility index (Phi) is 5.61. The van der Waals surface area contributed by atoms with Gasteiger partial charge in [0.2, 0.25) is 0 Å². The Morgan fingerprint density at radius 1 is 1.11 bits per heavy atom. The van der Waals surface area contributed by atoms with Crippen molar-refractivity contribution >= 4 is 0 Å². The van der Waals surface area contributed by atoms with Crippen LogP contribution in [0.3, 0.4) is 0 Å². The van der Waals surface area contributed by atoms with Gasteiger partial charge in [-0.15, -0.1) is 0 Å². The molecule has 0 bridgehead atoms. The van der Waals surface area contributed by atoms with Gasteiger partial charge in [-0.2, -0.15) is 0 Å². The Balaban J connectivity index is 2.95. The van der Waals surface area contributed by atoms with Crippen molar-refractivity contribution in [3.63, 3.8) is 0 Å². The lowest BCUT2D eigenvalue weighted by atomic mass is 9.91. The summed E-state index contributed by atoms with van der Waals surface area (Å²) in [4.78, 5) is 2.60. The van der Waals surface area contributed by atoms with Gasteiger partial charge in [0.25, 0.3) is 0 Å². The third-order valence-electron chi connectivity index (χ3n) is 4.09. The van der Waals surface area contributed by atoms with Crippen molar-refractivity contribution in [1.29, 1.82) is 0 Å². The van der Waals surface area contributed by atoms with E-state index in [9.17, 15) is 0 Å². The summed E-state index contributed by atoms with van der Waals surface area (Å²) in [6.07, 6.45) is 11.7. The maximum atomic E-state index is 3.81. The van der Waals surface area contributed by atoms with E-state index in [-0.39, 0.29) is 0 Å². The number of hydrogen-bond acceptors (Lipinski definition) is 1. The van der Waals surface area contributed by atoms with Crippen LogP contribution in [-0.4, -0.2) is 23.5 Å². The van der Waals surface area contributed by atoms with Gasteiger partial charge in [-0.3, -0.25) is 4.90 Å². The maximum Gasteiger partial charge on any atom is 0.0245 e. The van der Waals surface area contributed by atoms with Gasteiger partial charge >= 0.3 is 0 Å². The third kappa shape index (κ3) is 3.23. The van der Waals surface area contributed by atoms with E-state index in [2.05, 4.69) is 51.0 Å². The molecule has 0 N–H and O–H groups in total. The highest BCUT2D eigenvalue weighted by Crippen LogP contribution is 2.33. The monoisotopic (exact) mass is 245 g/mol. The molecule has 1 heteroatoms. The van der Waals surface area contributed by atoms with Crippen molar-refractivity contribution in [2.24, 2.45) is 0 Å². The molecule has 1 unspecified atom stereocenters. The van der Waals surface area contributed by atoms with Gasteiger partial charge in [0.1, 0.15) is 0 Å². The van der Waals surface area contributed by atoms with Gasteiger partial charge in [-0.25, -0.2) is 0 Å². The molecule has 0 amide bonds. The molecule has 18 heavy (non-hydrogen) atoms. The summed E-state index contributed by atoms with van der Waals surface area (Å²) in [6.45, 7) is 16.7. The summed E-state index contributed by atoms with van der Waals surface area (Å²) in [5, 5.41) is 0. The number of allylic oxidation sites excluding steroid dienone is 4. The van der Waals surface area contributed by atoms with Crippen LogP contribution in [0, 0.1) is 0 Å². The molecule has 1 rings (SSSR count). The van der Waals surface area contributed by atoms with E-state index in [1.54, 1.807) is 0 Å². The molecule has 1 heterocycles. The van der Waals surface area contributed by atoms with Crippen LogP contribution >= 0.6 is 0 Å². The van der Waals surface area contributed by atoms with Crippen molar-refractivity contribution in [2.75, 3.05) is 13.1 Å². The molecular weight excluding hydrogens is 218 g/mol. The fourth-order valence-corrected chi connectivity index (χ4v) is 2.75. The first-order valence-electron chi connectivity index (χ1n) is 7.00. The van der Waals surface area contributed by atoms with Crippen LogP contribution in [0.25, 0.3) is 0 Å². The van der Waals surface area contributed by atoms with Crippen molar-refractivity contribution in [2.45, 2.75) is 45.6 Å². The second-order valence-electron chi connectivity index (χ2n) is 5.31. The minimum Gasteiger partial charge on any atom is -0.289 e. The molecule has 100 valence electrons. The van der Waals surface area contributed by atoms with Crippen LogP contribution in [0.1, 0.15) is 40.0 Å². The van der Waals surface area contributed by atoms with E-state index in [0.29, 0.717) is 5.54 Å². The number of rotatable bonds is 6. The summed E-state index contributed by atoms with van der Waals surface area (Å²) in [7, 11) is 0. The highest BCUT2D eigenvalue weighted by atomic mass is 15.2. The van der Waals surface area contributed by atoms with E-state index in [1.807, 2.05) is 12.2 Å². The van der Waals surface area contributed by atoms with Gasteiger partial charge in [0.15, 0.2) is 0 Å². The number of nitrogens with zero attached hydrogens (tertiary/aromatic N) is 1. The van der Waals surface area contributed by atoms with Crippen LogP contribution in [0.5, 0.6) is 0 Å². The molecule has 1 aliphatic heterocycles. The average Bonchev–Trinajstić information content (AvgIpc) is 2.74. The summed E-state index contributed by atoms with van der Waals surface area (Å²) in [5.74, 6) is 0. The van der Waals surface area contributed by atoms with Crippen LogP contribution < -0.4 is 0 Å². The standard InChI is InChI=1S/C17H27N/c1-6-10-15-13-18(14-16(15)11-7-2)17(5,9-4)12-8-3/h6-7,10-11H,1-2,8-9,12-14H2,3-5H3/b15-10-,16-11-. The first-order chi connectivity index (χ1) is 8.61. The Hall–Kier alpha value is -1.08. The fraction of sp³-hybridized carbons (Fsp3) is 0.529. The Morgan fingerprint density at radius 3 is 1.94 bits per heavy atom. The van der Waals surface area contributed by atoms with Crippen LogP contribution in [0.4, 0.5) is 0 Å². The first kappa shape index (κ1) is 15.0. The molecule has 0 spiro atoms. The van der Waals surface area contributed by atoms with Crippen molar-refractivity contribution in [1.82, 2.24) is 4.90 Å². The van der Waals surface area contributed by atoms with E-state index in [1.165, 1.54) is 30.4 Å². The highest BCUT2D eigenvalue weighted by Gasteiger charge is 2.34. The maximum absolute atomic E-state index is 3.81. The van der Waals surface area contributed by atoms with E-state index >= 15 is 0 Å². The summed E-state index contributed by atoms with van der Waals surface area (Å²) < 4.78 is 0. The molecule has 0 aromatic heterocycles. The molecular formula is C17H27N. The van der Waals surface area contributed by atoms with E-state index < -0.39 is 0 Å². The SMILES string of the molecule is C=C/C=C1/CN(C(C)(CC)CCC)C/C1=C/C=C. The molecule has 0 aromatic carbocycles. The van der Waals surface area contributed by atoms with Crippen LogP contribution in [-0.2, 0) is 0 Å². The Bertz CT molecular complexity index is 336. The second-order valence-corrected chi connectivity index (χ2v) is 5.31. The molecule has 1 nitrogen and oxygen atoms in total. The lowest BCUT2D eigenvalue weighted by Gasteiger charge is -2.38. The average molecular weight is 245 g/mol. The van der Waals surface area contributed by atoms with Crippen molar-refractivity contribution in [3.8, 4) is 0 Å². The van der Waals surface area contributed by atoms with Gasteiger partial charge in [-0.1, -0.05) is 57.7 Å². The molecule has 1 fully saturated rings. The topological polar surface area (TPSA) is 3.24 Å². The number of likely N-dealkylation sites (tertiary alicyclic amines) is 1. The third-order valence-corrected chi connectivity index (χ3v) is 4.09. The molecule has 1 saturated heterocycles.